The standard InChI is InChI=1S/C11H10N4O3/c1-6-3-2-4-8(13-6)10(16)14-9-7(11(17)18)5-12-15-9/h2-5H,1H3,(H,17,18)(H2,12,14,15,16). The van der Waals surface area contributed by atoms with Crippen LogP contribution in [0.3, 0.4) is 0 Å². The van der Waals surface area contributed by atoms with E-state index in [2.05, 4.69) is 20.5 Å². The number of pyridine rings is 1. The summed E-state index contributed by atoms with van der Waals surface area (Å²) in [5, 5.41) is 17.2. The summed E-state index contributed by atoms with van der Waals surface area (Å²) in [6, 6.07) is 5.00. The maximum atomic E-state index is 11.8. The summed E-state index contributed by atoms with van der Waals surface area (Å²) in [6.45, 7) is 1.76. The average Bonchev–Trinajstić information content (AvgIpc) is 2.77. The van der Waals surface area contributed by atoms with Gasteiger partial charge in [-0.15, -0.1) is 0 Å². The molecule has 0 aliphatic rings. The Bertz CT molecular complexity index is 606. The molecule has 0 aliphatic carbocycles. The first-order valence-electron chi connectivity index (χ1n) is 5.09. The highest BCUT2D eigenvalue weighted by Gasteiger charge is 2.16. The third-order valence-electron chi connectivity index (χ3n) is 2.23. The predicted octanol–water partition coefficient (Wildman–Crippen LogP) is 1.06. The van der Waals surface area contributed by atoms with Crippen LogP contribution in [0.25, 0.3) is 0 Å². The van der Waals surface area contributed by atoms with E-state index in [9.17, 15) is 9.59 Å². The smallest absolute Gasteiger partial charge is 0.341 e. The minimum atomic E-state index is -1.17. The second kappa shape index (κ2) is 4.66. The van der Waals surface area contributed by atoms with Gasteiger partial charge >= 0.3 is 5.97 Å². The summed E-state index contributed by atoms with van der Waals surface area (Å²) in [6.07, 6.45) is 1.13. The number of nitrogens with one attached hydrogen (secondary N) is 2. The van der Waals surface area contributed by atoms with Crippen LogP contribution < -0.4 is 5.32 Å². The fourth-order valence-electron chi connectivity index (χ4n) is 1.39. The first-order valence-corrected chi connectivity index (χ1v) is 5.09. The quantitative estimate of drug-likeness (QED) is 0.750. The molecule has 92 valence electrons. The van der Waals surface area contributed by atoms with Crippen LogP contribution in [0.4, 0.5) is 5.82 Å². The van der Waals surface area contributed by atoms with Crippen molar-refractivity contribution >= 4 is 17.7 Å². The molecule has 0 radical (unpaired) electrons. The molecule has 0 saturated heterocycles. The molecule has 0 unspecified atom stereocenters. The van der Waals surface area contributed by atoms with Crippen molar-refractivity contribution < 1.29 is 14.7 Å². The van der Waals surface area contributed by atoms with Crippen molar-refractivity contribution in [2.24, 2.45) is 0 Å². The molecule has 0 spiro atoms. The Morgan fingerprint density at radius 3 is 2.83 bits per heavy atom. The monoisotopic (exact) mass is 246 g/mol. The molecule has 2 aromatic rings. The molecule has 0 atom stereocenters. The molecule has 18 heavy (non-hydrogen) atoms. The van der Waals surface area contributed by atoms with E-state index >= 15 is 0 Å². The lowest BCUT2D eigenvalue weighted by atomic mass is 10.3. The van der Waals surface area contributed by atoms with E-state index < -0.39 is 11.9 Å². The molecule has 0 fully saturated rings. The Labute approximate surface area is 102 Å². The minimum Gasteiger partial charge on any atom is -0.477 e. The van der Waals surface area contributed by atoms with E-state index in [-0.39, 0.29) is 17.1 Å². The zero-order valence-electron chi connectivity index (χ0n) is 9.47. The molecule has 7 nitrogen and oxygen atoms in total. The van der Waals surface area contributed by atoms with Gasteiger partial charge in [0, 0.05) is 5.69 Å². The molecule has 3 N–H and O–H groups in total. The number of anilines is 1. The first-order chi connectivity index (χ1) is 8.58. The molecular formula is C11H10N4O3. The van der Waals surface area contributed by atoms with E-state index in [0.717, 1.165) is 6.20 Å². The Kier molecular flexibility index (Phi) is 3.05. The van der Waals surface area contributed by atoms with Crippen molar-refractivity contribution in [3.63, 3.8) is 0 Å². The molecule has 0 bridgehead atoms. The van der Waals surface area contributed by atoms with Crippen molar-refractivity contribution in [2.45, 2.75) is 6.92 Å². The number of aromatic amines is 1. The lowest BCUT2D eigenvalue weighted by molar-refractivity contribution is 0.0698. The minimum absolute atomic E-state index is 0.0378. The summed E-state index contributed by atoms with van der Waals surface area (Å²) < 4.78 is 0. The van der Waals surface area contributed by atoms with E-state index in [0.29, 0.717) is 5.69 Å². The first kappa shape index (κ1) is 11.8. The topological polar surface area (TPSA) is 108 Å². The molecule has 1 amide bonds. The van der Waals surface area contributed by atoms with Crippen LogP contribution in [0.15, 0.2) is 24.4 Å². The fraction of sp³-hybridized carbons (Fsp3) is 0.0909. The lowest BCUT2D eigenvalue weighted by Gasteiger charge is -2.03. The van der Waals surface area contributed by atoms with E-state index in [4.69, 9.17) is 5.11 Å². The van der Waals surface area contributed by atoms with Crippen LogP contribution in [-0.2, 0) is 0 Å². The number of aromatic carboxylic acids is 1. The van der Waals surface area contributed by atoms with Gasteiger partial charge in [-0.3, -0.25) is 9.89 Å². The zero-order chi connectivity index (χ0) is 13.1. The third kappa shape index (κ3) is 2.34. The number of aromatic nitrogens is 3. The number of aryl methyl sites for hydroxylation is 1. The molecule has 0 aliphatic heterocycles. The van der Waals surface area contributed by atoms with Gasteiger partial charge in [0.1, 0.15) is 17.1 Å². The highest BCUT2D eigenvalue weighted by Crippen LogP contribution is 2.11. The van der Waals surface area contributed by atoms with Gasteiger partial charge in [0.2, 0.25) is 0 Å². The van der Waals surface area contributed by atoms with Crippen molar-refractivity contribution in [3.8, 4) is 0 Å². The average molecular weight is 246 g/mol. The maximum absolute atomic E-state index is 11.8. The van der Waals surface area contributed by atoms with Gasteiger partial charge in [-0.25, -0.2) is 9.78 Å². The molecule has 2 heterocycles. The highest BCUT2D eigenvalue weighted by molar-refractivity contribution is 6.05. The highest BCUT2D eigenvalue weighted by atomic mass is 16.4. The number of carboxylic acid groups (broad SMARTS) is 1. The second-order valence-corrected chi connectivity index (χ2v) is 3.58. The Morgan fingerprint density at radius 1 is 1.39 bits per heavy atom. The molecule has 2 aromatic heterocycles. The van der Waals surface area contributed by atoms with Gasteiger partial charge in [-0.05, 0) is 19.1 Å². The number of hydrogen-bond donors (Lipinski definition) is 3. The van der Waals surface area contributed by atoms with E-state index in [1.165, 1.54) is 0 Å². The van der Waals surface area contributed by atoms with Gasteiger partial charge in [0.25, 0.3) is 5.91 Å². The van der Waals surface area contributed by atoms with E-state index in [1.807, 2.05) is 0 Å². The summed E-state index contributed by atoms with van der Waals surface area (Å²) in [5.74, 6) is -1.63. The molecule has 0 aromatic carbocycles. The SMILES string of the molecule is Cc1cccc(C(=O)Nc2[nH]ncc2C(=O)O)n1. The largest absolute Gasteiger partial charge is 0.477 e. The summed E-state index contributed by atoms with van der Waals surface area (Å²) in [5.41, 5.74) is 0.808. The van der Waals surface area contributed by atoms with Gasteiger partial charge < -0.3 is 10.4 Å². The number of amides is 1. The van der Waals surface area contributed by atoms with Crippen LogP contribution in [0.1, 0.15) is 26.5 Å². The van der Waals surface area contributed by atoms with Gasteiger partial charge in [-0.1, -0.05) is 6.07 Å². The summed E-state index contributed by atoms with van der Waals surface area (Å²) in [7, 11) is 0. The number of nitrogens with zero attached hydrogens (tertiary/aromatic N) is 2. The number of hydrogen-bond acceptors (Lipinski definition) is 4. The number of H-pyrrole nitrogens is 1. The Morgan fingerprint density at radius 2 is 2.17 bits per heavy atom. The normalized spacial score (nSPS) is 10.1. The fourth-order valence-corrected chi connectivity index (χ4v) is 1.39. The summed E-state index contributed by atoms with van der Waals surface area (Å²) >= 11 is 0. The van der Waals surface area contributed by atoms with Crippen molar-refractivity contribution in [1.29, 1.82) is 0 Å². The van der Waals surface area contributed by atoms with E-state index in [1.54, 1.807) is 25.1 Å². The van der Waals surface area contributed by atoms with Crippen molar-refractivity contribution in [1.82, 2.24) is 15.2 Å². The van der Waals surface area contributed by atoms with Crippen LogP contribution in [0.5, 0.6) is 0 Å². The van der Waals surface area contributed by atoms with Crippen molar-refractivity contribution in [2.75, 3.05) is 5.32 Å². The van der Waals surface area contributed by atoms with Crippen LogP contribution in [0.2, 0.25) is 0 Å². The van der Waals surface area contributed by atoms with Gasteiger partial charge in [0.05, 0.1) is 6.20 Å². The number of carboxylic acids is 1. The number of carbonyl (C=O) groups excluding carboxylic acids is 1. The molecular weight excluding hydrogens is 236 g/mol. The number of carbonyl (C=O) groups is 2. The number of rotatable bonds is 3. The Hall–Kier alpha value is -2.70. The predicted molar refractivity (Wildman–Crippen MR) is 62.5 cm³/mol. The molecule has 0 saturated carbocycles. The zero-order valence-corrected chi connectivity index (χ0v) is 9.47. The lowest BCUT2D eigenvalue weighted by Crippen LogP contribution is -2.16. The third-order valence-corrected chi connectivity index (χ3v) is 2.23. The molecule has 7 heteroatoms. The van der Waals surface area contributed by atoms with Gasteiger partial charge in [-0.2, -0.15) is 5.10 Å². The second-order valence-electron chi connectivity index (χ2n) is 3.58. The Balaban J connectivity index is 2.21. The maximum Gasteiger partial charge on any atom is 0.341 e. The van der Waals surface area contributed by atoms with Gasteiger partial charge in [0.15, 0.2) is 0 Å². The van der Waals surface area contributed by atoms with Crippen LogP contribution >= 0.6 is 0 Å². The summed E-state index contributed by atoms with van der Waals surface area (Å²) in [4.78, 5) is 26.7. The van der Waals surface area contributed by atoms with Crippen LogP contribution in [0, 0.1) is 6.92 Å². The van der Waals surface area contributed by atoms with Crippen molar-refractivity contribution in [3.05, 3.63) is 41.3 Å². The molecule has 2 rings (SSSR count). The van der Waals surface area contributed by atoms with Crippen LogP contribution in [-0.4, -0.2) is 32.2 Å².